The number of aromatic nitrogens is 4. The molecule has 4 aromatic rings. The zero-order valence-corrected chi connectivity index (χ0v) is 19.5. The lowest BCUT2D eigenvalue weighted by molar-refractivity contribution is 0.217. The number of hydrogen-bond acceptors (Lipinski definition) is 6. The van der Waals surface area contributed by atoms with Gasteiger partial charge in [0.05, 0.1) is 40.3 Å². The van der Waals surface area contributed by atoms with Gasteiger partial charge in [0.1, 0.15) is 5.82 Å². The summed E-state index contributed by atoms with van der Waals surface area (Å²) in [6.45, 7) is 1.36. The van der Waals surface area contributed by atoms with Crippen LogP contribution in [0.5, 0.6) is 0 Å². The van der Waals surface area contributed by atoms with Crippen molar-refractivity contribution in [1.29, 1.82) is 0 Å². The molecule has 2 amide bonds. The minimum atomic E-state index is -0.334. The molecule has 0 fully saturated rings. The van der Waals surface area contributed by atoms with E-state index in [1.807, 2.05) is 18.3 Å². The molecule has 3 aromatic heterocycles. The third-order valence-electron chi connectivity index (χ3n) is 5.50. The number of carbonyl (C=O) groups is 1. The molecule has 0 atom stereocenters. The number of thiazole rings is 1. The van der Waals surface area contributed by atoms with Gasteiger partial charge in [0.25, 0.3) is 0 Å². The summed E-state index contributed by atoms with van der Waals surface area (Å²) in [6, 6.07) is 5.93. The summed E-state index contributed by atoms with van der Waals surface area (Å²) in [5, 5.41) is 17.0. The van der Waals surface area contributed by atoms with Crippen molar-refractivity contribution in [2.75, 3.05) is 25.0 Å². The highest BCUT2D eigenvalue weighted by Crippen LogP contribution is 2.31. The summed E-state index contributed by atoms with van der Waals surface area (Å²) >= 11 is 7.78. The fraction of sp³-hybridized carbons (Fsp3) is 0.217. The van der Waals surface area contributed by atoms with Gasteiger partial charge in [-0.2, -0.15) is 5.10 Å². The SMILES string of the molecule is O=C(Nc1nc2ccc(F)cc2s1)N1CC=C(c2ncc(-c3cnn(CCO)c3)cc2Cl)CC1. The van der Waals surface area contributed by atoms with E-state index in [1.165, 1.54) is 23.5 Å². The zero-order valence-electron chi connectivity index (χ0n) is 17.9. The lowest BCUT2D eigenvalue weighted by Crippen LogP contribution is -2.37. The number of carbonyl (C=O) groups excluding carboxylic acids is 1. The number of urea groups is 1. The first kappa shape index (κ1) is 22.5. The Labute approximate surface area is 203 Å². The Morgan fingerprint density at radius 2 is 2.15 bits per heavy atom. The van der Waals surface area contributed by atoms with Gasteiger partial charge in [0.15, 0.2) is 5.13 Å². The molecular formula is C23H20ClFN6O2S. The topological polar surface area (TPSA) is 96.2 Å². The summed E-state index contributed by atoms with van der Waals surface area (Å²) in [7, 11) is 0. The summed E-state index contributed by atoms with van der Waals surface area (Å²) in [5.41, 5.74) is 4.03. The van der Waals surface area contributed by atoms with Gasteiger partial charge in [-0.1, -0.05) is 29.0 Å². The van der Waals surface area contributed by atoms with E-state index in [0.29, 0.717) is 52.1 Å². The number of aliphatic hydroxyl groups is 1. The molecular weight excluding hydrogens is 479 g/mol. The van der Waals surface area contributed by atoms with Gasteiger partial charge in [0, 0.05) is 36.6 Å². The number of nitrogens with one attached hydrogen (secondary N) is 1. The summed E-state index contributed by atoms with van der Waals surface area (Å²) in [4.78, 5) is 23.3. The first-order valence-corrected chi connectivity index (χ1v) is 11.8. The Bertz CT molecular complexity index is 1400. The van der Waals surface area contributed by atoms with Crippen LogP contribution >= 0.6 is 22.9 Å². The molecule has 4 heterocycles. The Balaban J connectivity index is 1.25. The average Bonchev–Trinajstić information content (AvgIpc) is 3.45. The van der Waals surface area contributed by atoms with E-state index in [1.54, 1.807) is 28.0 Å². The minimum absolute atomic E-state index is 0.0167. The van der Waals surface area contributed by atoms with Crippen LogP contribution in [0.25, 0.3) is 26.9 Å². The predicted molar refractivity (Wildman–Crippen MR) is 130 cm³/mol. The smallest absolute Gasteiger partial charge is 0.323 e. The Morgan fingerprint density at radius 3 is 2.91 bits per heavy atom. The molecule has 0 aliphatic carbocycles. The molecule has 1 aliphatic rings. The van der Waals surface area contributed by atoms with Crippen LogP contribution in [-0.4, -0.2) is 55.5 Å². The number of benzene rings is 1. The molecule has 2 N–H and O–H groups in total. The van der Waals surface area contributed by atoms with Crippen molar-refractivity contribution in [2.24, 2.45) is 0 Å². The fourth-order valence-electron chi connectivity index (χ4n) is 3.76. The average molecular weight is 499 g/mol. The Morgan fingerprint density at radius 1 is 1.26 bits per heavy atom. The van der Waals surface area contributed by atoms with E-state index in [-0.39, 0.29) is 18.5 Å². The summed E-state index contributed by atoms with van der Waals surface area (Å²) in [5.74, 6) is -0.334. The highest BCUT2D eigenvalue weighted by molar-refractivity contribution is 7.22. The van der Waals surface area contributed by atoms with Crippen molar-refractivity contribution in [3.63, 3.8) is 0 Å². The molecule has 8 nitrogen and oxygen atoms in total. The molecule has 34 heavy (non-hydrogen) atoms. The molecule has 0 saturated heterocycles. The number of pyridine rings is 1. The van der Waals surface area contributed by atoms with Crippen molar-refractivity contribution in [3.05, 3.63) is 65.5 Å². The number of hydrogen-bond donors (Lipinski definition) is 2. The van der Waals surface area contributed by atoms with Crippen molar-refractivity contribution >= 4 is 49.9 Å². The molecule has 0 radical (unpaired) electrons. The molecule has 5 rings (SSSR count). The van der Waals surface area contributed by atoms with E-state index in [4.69, 9.17) is 16.7 Å². The van der Waals surface area contributed by atoms with Crippen LogP contribution in [0.1, 0.15) is 12.1 Å². The molecule has 174 valence electrons. The normalized spacial score (nSPS) is 13.9. The second-order valence-electron chi connectivity index (χ2n) is 7.76. The zero-order chi connectivity index (χ0) is 23.7. The number of anilines is 1. The van der Waals surface area contributed by atoms with Gasteiger partial charge in [-0.25, -0.2) is 14.2 Å². The molecule has 0 unspecified atom stereocenters. The van der Waals surface area contributed by atoms with Crippen LogP contribution < -0.4 is 5.32 Å². The molecule has 11 heteroatoms. The Hall–Kier alpha value is -3.34. The van der Waals surface area contributed by atoms with Crippen LogP contribution in [0.3, 0.4) is 0 Å². The lowest BCUT2D eigenvalue weighted by atomic mass is 10.0. The second-order valence-corrected chi connectivity index (χ2v) is 9.19. The number of amides is 2. The quantitative estimate of drug-likeness (QED) is 0.417. The standard InChI is InChI=1S/C23H20ClFN6O2S/c24-18-9-15(16-12-27-31(13-16)7-8-32)11-26-21(18)14-3-5-30(6-4-14)23(33)29-22-28-19-2-1-17(25)10-20(19)34-22/h1-3,9-13,32H,4-8H2,(H,28,29,33). The van der Waals surface area contributed by atoms with Crippen molar-refractivity contribution in [2.45, 2.75) is 13.0 Å². The third kappa shape index (κ3) is 4.65. The first-order chi connectivity index (χ1) is 16.5. The van der Waals surface area contributed by atoms with Crippen LogP contribution in [0.2, 0.25) is 5.02 Å². The maximum absolute atomic E-state index is 13.4. The summed E-state index contributed by atoms with van der Waals surface area (Å²) < 4.78 is 15.7. The van der Waals surface area contributed by atoms with Crippen molar-refractivity contribution in [3.8, 4) is 11.1 Å². The molecule has 1 aliphatic heterocycles. The van der Waals surface area contributed by atoms with E-state index in [9.17, 15) is 9.18 Å². The predicted octanol–water partition coefficient (Wildman–Crippen LogP) is 4.66. The number of fused-ring (bicyclic) bond motifs is 1. The van der Waals surface area contributed by atoms with E-state index < -0.39 is 0 Å². The summed E-state index contributed by atoms with van der Waals surface area (Å²) in [6.07, 6.45) is 7.85. The third-order valence-corrected chi connectivity index (χ3v) is 6.72. The van der Waals surface area contributed by atoms with E-state index >= 15 is 0 Å². The lowest BCUT2D eigenvalue weighted by Gasteiger charge is -2.26. The second kappa shape index (κ2) is 9.49. The van der Waals surface area contributed by atoms with Crippen LogP contribution in [0, 0.1) is 5.82 Å². The number of halogens is 2. The van der Waals surface area contributed by atoms with Crippen molar-refractivity contribution < 1.29 is 14.3 Å². The first-order valence-electron chi connectivity index (χ1n) is 10.6. The molecule has 1 aromatic carbocycles. The van der Waals surface area contributed by atoms with Crippen LogP contribution in [0.15, 0.2) is 48.9 Å². The number of rotatable bonds is 5. The van der Waals surface area contributed by atoms with Gasteiger partial charge in [-0.15, -0.1) is 0 Å². The highest BCUT2D eigenvalue weighted by Gasteiger charge is 2.21. The molecule has 0 bridgehead atoms. The Kier molecular flexibility index (Phi) is 6.27. The van der Waals surface area contributed by atoms with Gasteiger partial charge in [0.2, 0.25) is 0 Å². The molecule has 0 spiro atoms. The molecule has 0 saturated carbocycles. The van der Waals surface area contributed by atoms with E-state index in [2.05, 4.69) is 20.4 Å². The number of nitrogens with zero attached hydrogens (tertiary/aromatic N) is 5. The monoisotopic (exact) mass is 498 g/mol. The van der Waals surface area contributed by atoms with Gasteiger partial charge in [-0.3, -0.25) is 15.0 Å². The van der Waals surface area contributed by atoms with Crippen molar-refractivity contribution in [1.82, 2.24) is 24.6 Å². The maximum Gasteiger partial charge on any atom is 0.323 e. The highest BCUT2D eigenvalue weighted by atomic mass is 35.5. The van der Waals surface area contributed by atoms with Crippen LogP contribution in [0.4, 0.5) is 14.3 Å². The van der Waals surface area contributed by atoms with Gasteiger partial charge >= 0.3 is 6.03 Å². The van der Waals surface area contributed by atoms with Crippen LogP contribution in [-0.2, 0) is 6.54 Å². The van der Waals surface area contributed by atoms with E-state index in [0.717, 1.165) is 16.7 Å². The largest absolute Gasteiger partial charge is 0.394 e. The minimum Gasteiger partial charge on any atom is -0.394 e. The fourth-order valence-corrected chi connectivity index (χ4v) is 4.93. The maximum atomic E-state index is 13.4. The van der Waals surface area contributed by atoms with Gasteiger partial charge in [-0.05, 0) is 36.3 Å². The number of aliphatic hydroxyl groups excluding tert-OH is 1. The van der Waals surface area contributed by atoms with Gasteiger partial charge < -0.3 is 10.0 Å².